The molecule has 1 aromatic heterocycles. The summed E-state index contributed by atoms with van der Waals surface area (Å²) < 4.78 is 1.87. The molecule has 0 spiro atoms. The molecule has 1 aromatic rings. The van der Waals surface area contributed by atoms with Gasteiger partial charge in [-0.25, -0.2) is 0 Å². The third-order valence-electron chi connectivity index (χ3n) is 3.05. The number of rotatable bonds is 6. The van der Waals surface area contributed by atoms with Crippen molar-refractivity contribution in [3.05, 3.63) is 18.0 Å². The summed E-state index contributed by atoms with van der Waals surface area (Å²) in [6, 6.07) is 2.27. The highest BCUT2D eigenvalue weighted by Gasteiger charge is 2.33. The number of aromatic nitrogens is 2. The number of nitrogens with one attached hydrogen (secondary N) is 1. The number of hydrogen-bond donors (Lipinski definition) is 2. The Hall–Kier alpha value is -1.36. The number of nitrogens with two attached hydrogens (primary N) is 1. The SMILES string of the molecule is Cc1ccn(C(C)CC(C)(NC(C)C)C(N)=O)n1. The molecule has 0 saturated carbocycles. The average Bonchev–Trinajstić information content (AvgIpc) is 2.63. The van der Waals surface area contributed by atoms with E-state index in [0.29, 0.717) is 6.42 Å². The first-order valence-electron chi connectivity index (χ1n) is 6.34. The van der Waals surface area contributed by atoms with Crippen molar-refractivity contribution >= 4 is 5.91 Å². The summed E-state index contributed by atoms with van der Waals surface area (Å²) in [6.07, 6.45) is 2.54. The Morgan fingerprint density at radius 3 is 2.56 bits per heavy atom. The van der Waals surface area contributed by atoms with Gasteiger partial charge >= 0.3 is 0 Å². The largest absolute Gasteiger partial charge is 0.368 e. The number of primary amides is 1. The van der Waals surface area contributed by atoms with Crippen LogP contribution in [0.5, 0.6) is 0 Å². The Morgan fingerprint density at radius 2 is 2.17 bits per heavy atom. The van der Waals surface area contributed by atoms with Crippen molar-refractivity contribution in [2.75, 3.05) is 0 Å². The number of nitrogens with zero attached hydrogens (tertiary/aromatic N) is 2. The lowest BCUT2D eigenvalue weighted by Gasteiger charge is -2.32. The maximum Gasteiger partial charge on any atom is 0.237 e. The van der Waals surface area contributed by atoms with Gasteiger partial charge in [0.05, 0.1) is 17.3 Å². The third kappa shape index (κ3) is 3.57. The molecule has 0 radical (unpaired) electrons. The van der Waals surface area contributed by atoms with E-state index in [9.17, 15) is 4.79 Å². The first-order valence-corrected chi connectivity index (χ1v) is 6.34. The maximum absolute atomic E-state index is 11.7. The Balaban J connectivity index is 2.81. The summed E-state index contributed by atoms with van der Waals surface area (Å²) in [4.78, 5) is 11.7. The second-order valence-electron chi connectivity index (χ2n) is 5.49. The molecule has 3 N–H and O–H groups in total. The van der Waals surface area contributed by atoms with Crippen LogP contribution in [-0.2, 0) is 4.79 Å². The predicted octanol–water partition coefficient (Wildman–Crippen LogP) is 1.38. The highest BCUT2D eigenvalue weighted by atomic mass is 16.1. The van der Waals surface area contributed by atoms with Crippen molar-refractivity contribution in [1.29, 1.82) is 0 Å². The second-order valence-corrected chi connectivity index (χ2v) is 5.49. The number of amides is 1. The first-order chi connectivity index (χ1) is 8.24. The van der Waals surface area contributed by atoms with E-state index < -0.39 is 5.54 Å². The van der Waals surface area contributed by atoms with Crippen LogP contribution >= 0.6 is 0 Å². The smallest absolute Gasteiger partial charge is 0.237 e. The minimum Gasteiger partial charge on any atom is -0.368 e. The molecule has 0 fully saturated rings. The molecule has 0 aliphatic heterocycles. The lowest BCUT2D eigenvalue weighted by molar-refractivity contribution is -0.124. The van der Waals surface area contributed by atoms with Crippen LogP contribution in [0, 0.1) is 6.92 Å². The van der Waals surface area contributed by atoms with Gasteiger partial charge in [-0.1, -0.05) is 0 Å². The summed E-state index contributed by atoms with van der Waals surface area (Å²) in [5.41, 5.74) is 5.78. The van der Waals surface area contributed by atoms with Gasteiger partial charge in [0.2, 0.25) is 5.91 Å². The van der Waals surface area contributed by atoms with Crippen LogP contribution in [0.2, 0.25) is 0 Å². The van der Waals surface area contributed by atoms with Gasteiger partial charge in [0.1, 0.15) is 0 Å². The van der Waals surface area contributed by atoms with E-state index in [4.69, 9.17) is 5.73 Å². The van der Waals surface area contributed by atoms with E-state index in [2.05, 4.69) is 10.4 Å². The van der Waals surface area contributed by atoms with Gasteiger partial charge in [-0.15, -0.1) is 0 Å². The molecule has 102 valence electrons. The molecule has 5 nitrogen and oxygen atoms in total. The number of carbonyl (C=O) groups is 1. The molecule has 0 saturated heterocycles. The lowest BCUT2D eigenvalue weighted by atomic mass is 9.92. The molecule has 5 heteroatoms. The molecule has 1 amide bonds. The quantitative estimate of drug-likeness (QED) is 0.803. The maximum atomic E-state index is 11.7. The van der Waals surface area contributed by atoms with Gasteiger partial charge in [0, 0.05) is 12.2 Å². The Morgan fingerprint density at radius 1 is 1.56 bits per heavy atom. The summed E-state index contributed by atoms with van der Waals surface area (Å²) in [5, 5.41) is 7.62. The van der Waals surface area contributed by atoms with Crippen LogP contribution in [0.4, 0.5) is 0 Å². The molecule has 2 unspecified atom stereocenters. The van der Waals surface area contributed by atoms with E-state index in [1.54, 1.807) is 0 Å². The number of aryl methyl sites for hydroxylation is 1. The molecule has 2 atom stereocenters. The van der Waals surface area contributed by atoms with Crippen molar-refractivity contribution in [3.63, 3.8) is 0 Å². The molecule has 0 aliphatic rings. The molecule has 1 rings (SSSR count). The summed E-state index contributed by atoms with van der Waals surface area (Å²) in [7, 11) is 0. The fourth-order valence-electron chi connectivity index (χ4n) is 2.23. The van der Waals surface area contributed by atoms with E-state index in [0.717, 1.165) is 5.69 Å². The monoisotopic (exact) mass is 252 g/mol. The minimum atomic E-state index is -0.715. The number of hydrogen-bond acceptors (Lipinski definition) is 3. The van der Waals surface area contributed by atoms with E-state index >= 15 is 0 Å². The predicted molar refractivity (Wildman–Crippen MR) is 72.2 cm³/mol. The highest BCUT2D eigenvalue weighted by molar-refractivity contribution is 5.84. The topological polar surface area (TPSA) is 72.9 Å². The van der Waals surface area contributed by atoms with Crippen LogP contribution in [0.1, 0.15) is 45.9 Å². The van der Waals surface area contributed by atoms with E-state index in [1.807, 2.05) is 51.6 Å². The van der Waals surface area contributed by atoms with E-state index in [1.165, 1.54) is 0 Å². The van der Waals surface area contributed by atoms with Crippen molar-refractivity contribution in [2.24, 2.45) is 5.73 Å². The average molecular weight is 252 g/mol. The van der Waals surface area contributed by atoms with Gasteiger partial charge < -0.3 is 11.1 Å². The van der Waals surface area contributed by atoms with Gasteiger partial charge in [-0.3, -0.25) is 9.48 Å². The molecular formula is C13H24N4O. The molecule has 0 aliphatic carbocycles. The molecule has 18 heavy (non-hydrogen) atoms. The molecular weight excluding hydrogens is 228 g/mol. The van der Waals surface area contributed by atoms with Gasteiger partial charge in [-0.2, -0.15) is 5.10 Å². The van der Waals surface area contributed by atoms with Crippen molar-refractivity contribution in [1.82, 2.24) is 15.1 Å². The van der Waals surface area contributed by atoms with Crippen molar-refractivity contribution in [2.45, 2.75) is 58.7 Å². The van der Waals surface area contributed by atoms with Gasteiger partial charge in [-0.05, 0) is 47.1 Å². The minimum absolute atomic E-state index is 0.113. The summed E-state index contributed by atoms with van der Waals surface area (Å²) in [6.45, 7) is 9.84. The third-order valence-corrected chi connectivity index (χ3v) is 3.05. The van der Waals surface area contributed by atoms with Crippen LogP contribution in [-0.4, -0.2) is 27.3 Å². The number of carbonyl (C=O) groups excluding carboxylic acids is 1. The highest BCUT2D eigenvalue weighted by Crippen LogP contribution is 2.21. The Kier molecular flexibility index (Phi) is 4.51. The van der Waals surface area contributed by atoms with Gasteiger partial charge in [0.25, 0.3) is 0 Å². The van der Waals surface area contributed by atoms with E-state index in [-0.39, 0.29) is 18.0 Å². The fraction of sp³-hybridized carbons (Fsp3) is 0.692. The Bertz CT molecular complexity index is 413. The zero-order valence-electron chi connectivity index (χ0n) is 11.9. The Labute approximate surface area is 109 Å². The second kappa shape index (κ2) is 5.52. The van der Waals surface area contributed by atoms with Gasteiger partial charge in [0.15, 0.2) is 0 Å². The van der Waals surface area contributed by atoms with Crippen LogP contribution in [0.15, 0.2) is 12.3 Å². The van der Waals surface area contributed by atoms with Crippen LogP contribution < -0.4 is 11.1 Å². The standard InChI is InChI=1S/C13H24N4O/c1-9(2)15-13(5,12(14)18)8-11(4)17-7-6-10(3)16-17/h6-7,9,11,15H,8H2,1-5H3,(H2,14,18). The fourth-order valence-corrected chi connectivity index (χ4v) is 2.23. The zero-order valence-corrected chi connectivity index (χ0v) is 11.9. The van der Waals surface area contributed by atoms with Crippen LogP contribution in [0.3, 0.4) is 0 Å². The lowest BCUT2D eigenvalue weighted by Crippen LogP contribution is -2.56. The molecule has 0 bridgehead atoms. The van der Waals surface area contributed by atoms with Crippen molar-refractivity contribution in [3.8, 4) is 0 Å². The summed E-state index contributed by atoms with van der Waals surface area (Å²) >= 11 is 0. The zero-order chi connectivity index (χ0) is 13.9. The van der Waals surface area contributed by atoms with Crippen molar-refractivity contribution < 1.29 is 4.79 Å². The molecule has 0 aromatic carbocycles. The summed E-state index contributed by atoms with van der Waals surface area (Å²) in [5.74, 6) is -0.327. The first kappa shape index (κ1) is 14.7. The molecule has 1 heterocycles. The van der Waals surface area contributed by atoms with Crippen LogP contribution in [0.25, 0.3) is 0 Å². The normalized spacial score (nSPS) is 16.6.